The summed E-state index contributed by atoms with van der Waals surface area (Å²) in [4.78, 5) is 13.3. The lowest BCUT2D eigenvalue weighted by molar-refractivity contribution is -0.655. The van der Waals surface area contributed by atoms with Crippen LogP contribution in [0.2, 0.25) is 0 Å². The fourth-order valence-corrected chi connectivity index (χ4v) is 2.91. The van der Waals surface area contributed by atoms with E-state index in [1.165, 1.54) is 0 Å². The molecule has 22 heavy (non-hydrogen) atoms. The second-order valence-electron chi connectivity index (χ2n) is 5.62. The van der Waals surface area contributed by atoms with Gasteiger partial charge in [-0.15, -0.1) is 0 Å². The van der Waals surface area contributed by atoms with Crippen LogP contribution in [-0.2, 0) is 0 Å². The van der Waals surface area contributed by atoms with Crippen molar-refractivity contribution in [2.75, 3.05) is 31.1 Å². The molecular formula is C15H20N5O2+. The quantitative estimate of drug-likeness (QED) is 0.671. The fourth-order valence-electron chi connectivity index (χ4n) is 2.91. The maximum absolute atomic E-state index is 11.3. The Kier molecular flexibility index (Phi) is 3.81. The minimum Gasteiger partial charge on any atom is -0.360 e. The average Bonchev–Trinajstić information content (AvgIpc) is 2.86. The Morgan fingerprint density at radius 2 is 1.95 bits per heavy atom. The van der Waals surface area contributed by atoms with Crippen molar-refractivity contribution < 1.29 is 10.2 Å². The first-order valence-corrected chi connectivity index (χ1v) is 7.45. The van der Waals surface area contributed by atoms with Crippen LogP contribution in [0.15, 0.2) is 24.3 Å². The van der Waals surface area contributed by atoms with Crippen LogP contribution >= 0.6 is 0 Å². The lowest BCUT2D eigenvalue weighted by Gasteiger charge is -2.27. The number of benzene rings is 1. The first-order valence-electron chi connectivity index (χ1n) is 7.45. The van der Waals surface area contributed by atoms with Gasteiger partial charge >= 0.3 is 0 Å². The van der Waals surface area contributed by atoms with Gasteiger partial charge in [-0.25, -0.2) is 4.68 Å². The highest BCUT2D eigenvalue weighted by atomic mass is 16.6. The second kappa shape index (κ2) is 5.76. The van der Waals surface area contributed by atoms with Crippen LogP contribution in [0.4, 0.5) is 11.4 Å². The summed E-state index contributed by atoms with van der Waals surface area (Å²) in [5, 5.41) is 18.0. The summed E-state index contributed by atoms with van der Waals surface area (Å²) in [6.45, 7) is 7.80. The molecule has 2 aromatic rings. The fraction of sp³-hybridized carbons (Fsp3) is 0.400. The molecule has 0 amide bonds. The number of nitro benzene ring substituents is 1. The molecular weight excluding hydrogens is 282 g/mol. The van der Waals surface area contributed by atoms with Gasteiger partial charge in [0, 0.05) is 17.4 Å². The molecule has 1 aromatic carbocycles. The van der Waals surface area contributed by atoms with Gasteiger partial charge in [0.05, 0.1) is 36.8 Å². The Morgan fingerprint density at radius 3 is 2.55 bits per heavy atom. The number of hydrogen-bond acceptors (Lipinski definition) is 4. The van der Waals surface area contributed by atoms with Crippen molar-refractivity contribution in [1.82, 2.24) is 9.78 Å². The minimum atomic E-state index is -0.348. The standard InChI is InChI=1S/C15H19N5O2/c1-11-9-12(2)19(17-11)15-10-13(3-4-14(15)20(21)22)18-7-5-16-6-8-18/h3-4,9-10,16H,5-8H2,1-2H3/p+1. The second-order valence-corrected chi connectivity index (χ2v) is 5.62. The zero-order valence-corrected chi connectivity index (χ0v) is 12.8. The molecule has 3 rings (SSSR count). The molecule has 2 N–H and O–H groups in total. The molecule has 0 radical (unpaired) electrons. The third-order valence-corrected chi connectivity index (χ3v) is 3.96. The highest BCUT2D eigenvalue weighted by Gasteiger charge is 2.21. The van der Waals surface area contributed by atoms with E-state index in [2.05, 4.69) is 15.3 Å². The van der Waals surface area contributed by atoms with E-state index in [0.29, 0.717) is 5.69 Å². The molecule has 1 fully saturated rings. The summed E-state index contributed by atoms with van der Waals surface area (Å²) in [5.74, 6) is 0. The SMILES string of the molecule is Cc1cc(C)n(-c2cc(N3CC[NH2+]CC3)ccc2[N+](=O)[O-])n1. The van der Waals surface area contributed by atoms with E-state index >= 15 is 0 Å². The van der Waals surface area contributed by atoms with E-state index in [0.717, 1.165) is 43.3 Å². The summed E-state index contributed by atoms with van der Waals surface area (Å²) in [5.41, 5.74) is 3.37. The van der Waals surface area contributed by atoms with Gasteiger partial charge in [0.25, 0.3) is 5.69 Å². The van der Waals surface area contributed by atoms with Crippen molar-refractivity contribution in [3.05, 3.63) is 45.8 Å². The molecule has 2 heterocycles. The van der Waals surface area contributed by atoms with Gasteiger partial charge in [0.15, 0.2) is 0 Å². The van der Waals surface area contributed by atoms with E-state index in [4.69, 9.17) is 0 Å². The monoisotopic (exact) mass is 302 g/mol. The van der Waals surface area contributed by atoms with E-state index in [-0.39, 0.29) is 10.6 Å². The largest absolute Gasteiger partial charge is 0.360 e. The van der Waals surface area contributed by atoms with Crippen molar-refractivity contribution in [3.63, 3.8) is 0 Å². The summed E-state index contributed by atoms with van der Waals surface area (Å²) in [7, 11) is 0. The van der Waals surface area contributed by atoms with Crippen molar-refractivity contribution in [3.8, 4) is 5.69 Å². The van der Waals surface area contributed by atoms with Crippen molar-refractivity contribution >= 4 is 11.4 Å². The number of anilines is 1. The molecule has 116 valence electrons. The first kappa shape index (κ1) is 14.5. The Hall–Kier alpha value is -2.41. The molecule has 1 aliphatic heterocycles. The van der Waals surface area contributed by atoms with Crippen LogP contribution in [0.1, 0.15) is 11.4 Å². The Balaban J connectivity index is 2.08. The van der Waals surface area contributed by atoms with Crippen LogP contribution in [0.3, 0.4) is 0 Å². The summed E-state index contributed by atoms with van der Waals surface area (Å²) in [6, 6.07) is 7.22. The number of aryl methyl sites for hydroxylation is 2. The number of hydrogen-bond donors (Lipinski definition) is 1. The molecule has 0 saturated carbocycles. The molecule has 0 unspecified atom stereocenters. The zero-order chi connectivity index (χ0) is 15.7. The van der Waals surface area contributed by atoms with Crippen LogP contribution in [-0.4, -0.2) is 40.9 Å². The molecule has 1 saturated heterocycles. The summed E-state index contributed by atoms with van der Waals surface area (Å²) >= 11 is 0. The number of aromatic nitrogens is 2. The van der Waals surface area contributed by atoms with Crippen LogP contribution in [0.25, 0.3) is 5.69 Å². The number of nitrogens with zero attached hydrogens (tertiary/aromatic N) is 4. The number of nitro groups is 1. The van der Waals surface area contributed by atoms with Gasteiger partial charge in [-0.05, 0) is 32.0 Å². The third-order valence-electron chi connectivity index (χ3n) is 3.96. The highest BCUT2D eigenvalue weighted by Crippen LogP contribution is 2.29. The number of rotatable bonds is 3. The van der Waals surface area contributed by atoms with Crippen molar-refractivity contribution in [2.45, 2.75) is 13.8 Å². The van der Waals surface area contributed by atoms with Gasteiger partial charge < -0.3 is 10.2 Å². The lowest BCUT2D eigenvalue weighted by atomic mass is 10.2. The summed E-state index contributed by atoms with van der Waals surface area (Å²) < 4.78 is 1.66. The van der Waals surface area contributed by atoms with Crippen LogP contribution in [0, 0.1) is 24.0 Å². The first-order chi connectivity index (χ1) is 10.6. The normalized spacial score (nSPS) is 15.1. The number of nitrogens with two attached hydrogens (primary N) is 1. The smallest absolute Gasteiger partial charge is 0.295 e. The van der Waals surface area contributed by atoms with Gasteiger partial charge in [0.1, 0.15) is 5.69 Å². The lowest BCUT2D eigenvalue weighted by Crippen LogP contribution is -2.89. The van der Waals surface area contributed by atoms with Gasteiger partial charge in [-0.1, -0.05) is 0 Å². The molecule has 0 aliphatic carbocycles. The Labute approximate surface area is 128 Å². The number of piperazine rings is 1. The maximum atomic E-state index is 11.3. The average molecular weight is 302 g/mol. The number of quaternary nitrogens is 1. The van der Waals surface area contributed by atoms with E-state index < -0.39 is 0 Å². The molecule has 7 heteroatoms. The maximum Gasteiger partial charge on any atom is 0.295 e. The zero-order valence-electron chi connectivity index (χ0n) is 12.8. The summed E-state index contributed by atoms with van der Waals surface area (Å²) in [6.07, 6.45) is 0. The molecule has 1 aliphatic rings. The van der Waals surface area contributed by atoms with Gasteiger partial charge in [-0.3, -0.25) is 10.1 Å². The molecule has 7 nitrogen and oxygen atoms in total. The molecule has 1 aromatic heterocycles. The van der Waals surface area contributed by atoms with Gasteiger partial charge in [-0.2, -0.15) is 5.10 Å². The van der Waals surface area contributed by atoms with Gasteiger partial charge in [0.2, 0.25) is 0 Å². The molecule has 0 atom stereocenters. The highest BCUT2D eigenvalue weighted by molar-refractivity contribution is 5.63. The van der Waals surface area contributed by atoms with Crippen LogP contribution in [0.5, 0.6) is 0 Å². The van der Waals surface area contributed by atoms with E-state index in [1.807, 2.05) is 32.0 Å². The predicted octanol–water partition coefficient (Wildman–Crippen LogP) is 0.781. The molecule has 0 bridgehead atoms. The topological polar surface area (TPSA) is 80.8 Å². The van der Waals surface area contributed by atoms with Crippen molar-refractivity contribution in [1.29, 1.82) is 0 Å². The van der Waals surface area contributed by atoms with Crippen molar-refractivity contribution in [2.24, 2.45) is 0 Å². The Morgan fingerprint density at radius 1 is 1.23 bits per heavy atom. The predicted molar refractivity (Wildman–Crippen MR) is 83.6 cm³/mol. The van der Waals surface area contributed by atoms with E-state index in [9.17, 15) is 10.1 Å². The Bertz CT molecular complexity index is 704. The minimum absolute atomic E-state index is 0.0820. The van der Waals surface area contributed by atoms with Crippen LogP contribution < -0.4 is 10.2 Å². The third kappa shape index (κ3) is 2.67. The van der Waals surface area contributed by atoms with E-state index in [1.54, 1.807) is 10.7 Å². The molecule has 0 spiro atoms.